The maximum Gasteiger partial charge on any atom is 0.268 e. The molecule has 0 radical (unpaired) electrons. The van der Waals surface area contributed by atoms with Crippen molar-refractivity contribution in [2.45, 2.75) is 13.0 Å². The highest BCUT2D eigenvalue weighted by Gasteiger charge is 2.10. The van der Waals surface area contributed by atoms with E-state index >= 15 is 0 Å². The van der Waals surface area contributed by atoms with Crippen molar-refractivity contribution in [3.63, 3.8) is 0 Å². The first-order valence-electron chi connectivity index (χ1n) is 6.18. The van der Waals surface area contributed by atoms with Crippen molar-refractivity contribution in [3.8, 4) is 17.3 Å². The van der Waals surface area contributed by atoms with Gasteiger partial charge in [-0.1, -0.05) is 0 Å². The van der Waals surface area contributed by atoms with Crippen LogP contribution >= 0.6 is 0 Å². The molecule has 0 unspecified atom stereocenters. The van der Waals surface area contributed by atoms with Crippen LogP contribution in [-0.4, -0.2) is 16.3 Å². The Hall–Kier alpha value is -2.45. The van der Waals surface area contributed by atoms with Crippen LogP contribution in [0.15, 0.2) is 41.2 Å². The summed E-state index contributed by atoms with van der Waals surface area (Å²) in [6, 6.07) is 10.7. The lowest BCUT2D eigenvalue weighted by atomic mass is 10.1. The minimum atomic E-state index is -0.400. The molecule has 0 atom stereocenters. The number of rotatable bonds is 4. The minimum absolute atomic E-state index is 0.0495. The number of halogens is 1. The van der Waals surface area contributed by atoms with Gasteiger partial charge in [0.15, 0.2) is 0 Å². The van der Waals surface area contributed by atoms with Crippen LogP contribution in [0.3, 0.4) is 0 Å². The first-order valence-corrected chi connectivity index (χ1v) is 6.18. The van der Waals surface area contributed by atoms with Gasteiger partial charge in [0.25, 0.3) is 5.56 Å². The van der Waals surface area contributed by atoms with Crippen molar-refractivity contribution >= 4 is 0 Å². The average Bonchev–Trinajstić information content (AvgIpc) is 2.47. The van der Waals surface area contributed by atoms with Crippen molar-refractivity contribution in [3.05, 3.63) is 58.1 Å². The first kappa shape index (κ1) is 14.0. The number of aliphatic hydroxyl groups is 1. The van der Waals surface area contributed by atoms with E-state index < -0.39 is 5.56 Å². The normalized spacial score (nSPS) is 10.2. The lowest BCUT2D eigenvalue weighted by molar-refractivity contribution is 0.279. The van der Waals surface area contributed by atoms with Gasteiger partial charge < -0.3 is 9.67 Å². The third-order valence-electron chi connectivity index (χ3n) is 2.97. The summed E-state index contributed by atoms with van der Waals surface area (Å²) >= 11 is 0. The minimum Gasteiger partial charge on any atom is -0.396 e. The van der Waals surface area contributed by atoms with Gasteiger partial charge in [-0.2, -0.15) is 5.26 Å². The molecule has 20 heavy (non-hydrogen) atoms. The summed E-state index contributed by atoms with van der Waals surface area (Å²) in [6.07, 6.45) is 0.406. The van der Waals surface area contributed by atoms with E-state index in [1.807, 2.05) is 6.07 Å². The quantitative estimate of drug-likeness (QED) is 0.924. The second-order valence-electron chi connectivity index (χ2n) is 4.28. The van der Waals surface area contributed by atoms with E-state index in [9.17, 15) is 9.18 Å². The zero-order chi connectivity index (χ0) is 14.5. The summed E-state index contributed by atoms with van der Waals surface area (Å²) in [7, 11) is 0. The summed E-state index contributed by atoms with van der Waals surface area (Å²) in [5.74, 6) is -0.355. The molecule has 1 heterocycles. The van der Waals surface area contributed by atoms with E-state index in [0.29, 0.717) is 24.2 Å². The molecule has 0 saturated carbocycles. The maximum atomic E-state index is 13.0. The van der Waals surface area contributed by atoms with Crippen molar-refractivity contribution in [2.75, 3.05) is 6.61 Å². The molecule has 2 aromatic rings. The number of nitriles is 1. The van der Waals surface area contributed by atoms with Gasteiger partial charge in [0, 0.05) is 13.2 Å². The molecule has 4 nitrogen and oxygen atoms in total. The lowest BCUT2D eigenvalue weighted by Crippen LogP contribution is -2.24. The standard InChI is InChI=1S/C15H13FN2O2/c16-13-5-2-11(3-6-13)14-7-4-12(10-17)15(20)18(14)8-1-9-19/h2-7,19H,1,8-9H2. The summed E-state index contributed by atoms with van der Waals surface area (Å²) < 4.78 is 14.4. The van der Waals surface area contributed by atoms with E-state index in [-0.39, 0.29) is 18.0 Å². The predicted molar refractivity (Wildman–Crippen MR) is 72.5 cm³/mol. The monoisotopic (exact) mass is 272 g/mol. The van der Waals surface area contributed by atoms with Crippen LogP contribution in [0.4, 0.5) is 4.39 Å². The number of hydrogen-bond donors (Lipinski definition) is 1. The van der Waals surface area contributed by atoms with Gasteiger partial charge in [-0.25, -0.2) is 4.39 Å². The molecule has 0 amide bonds. The van der Waals surface area contributed by atoms with E-state index in [1.54, 1.807) is 18.2 Å². The second-order valence-corrected chi connectivity index (χ2v) is 4.28. The highest BCUT2D eigenvalue weighted by atomic mass is 19.1. The number of pyridine rings is 1. The van der Waals surface area contributed by atoms with Gasteiger partial charge >= 0.3 is 0 Å². The van der Waals surface area contributed by atoms with Gasteiger partial charge in [-0.3, -0.25) is 4.79 Å². The van der Waals surface area contributed by atoms with Gasteiger partial charge in [0.2, 0.25) is 0 Å². The summed E-state index contributed by atoms with van der Waals surface area (Å²) in [5.41, 5.74) is 0.935. The number of hydrogen-bond acceptors (Lipinski definition) is 3. The van der Waals surface area contributed by atoms with Crippen LogP contribution in [0, 0.1) is 17.1 Å². The van der Waals surface area contributed by atoms with Crippen molar-refractivity contribution in [2.24, 2.45) is 0 Å². The van der Waals surface area contributed by atoms with Crippen LogP contribution in [0.2, 0.25) is 0 Å². The van der Waals surface area contributed by atoms with Crippen LogP contribution in [0.25, 0.3) is 11.3 Å². The molecular formula is C15H13FN2O2. The van der Waals surface area contributed by atoms with Crippen LogP contribution in [0.1, 0.15) is 12.0 Å². The number of aliphatic hydroxyl groups excluding tert-OH is 1. The van der Waals surface area contributed by atoms with E-state index in [1.165, 1.54) is 22.8 Å². The zero-order valence-electron chi connectivity index (χ0n) is 10.7. The molecule has 0 fully saturated rings. The Bertz CT molecular complexity index is 699. The van der Waals surface area contributed by atoms with Gasteiger partial charge in [-0.05, 0) is 48.4 Å². The molecule has 0 saturated heterocycles. The molecule has 2 rings (SSSR count). The fraction of sp³-hybridized carbons (Fsp3) is 0.200. The largest absolute Gasteiger partial charge is 0.396 e. The zero-order valence-corrected chi connectivity index (χ0v) is 10.7. The van der Waals surface area contributed by atoms with Crippen molar-refractivity contribution in [1.29, 1.82) is 5.26 Å². The number of benzene rings is 1. The fourth-order valence-electron chi connectivity index (χ4n) is 1.99. The number of aromatic nitrogens is 1. The molecule has 5 heteroatoms. The van der Waals surface area contributed by atoms with Gasteiger partial charge in [0.1, 0.15) is 17.4 Å². The Morgan fingerprint density at radius 1 is 1.20 bits per heavy atom. The molecule has 1 aromatic heterocycles. The molecule has 0 spiro atoms. The Morgan fingerprint density at radius 2 is 1.90 bits per heavy atom. The topological polar surface area (TPSA) is 66.0 Å². The highest BCUT2D eigenvalue weighted by molar-refractivity contribution is 5.60. The predicted octanol–water partition coefficient (Wildman–Crippen LogP) is 1.91. The smallest absolute Gasteiger partial charge is 0.268 e. The summed E-state index contributed by atoms with van der Waals surface area (Å²) in [6.45, 7) is 0.254. The van der Waals surface area contributed by atoms with E-state index in [2.05, 4.69) is 0 Å². The van der Waals surface area contributed by atoms with Crippen LogP contribution in [0.5, 0.6) is 0 Å². The molecule has 0 bridgehead atoms. The second kappa shape index (κ2) is 6.13. The maximum absolute atomic E-state index is 13.0. The summed E-state index contributed by atoms with van der Waals surface area (Å²) in [5, 5.41) is 17.8. The molecule has 102 valence electrons. The van der Waals surface area contributed by atoms with Crippen LogP contribution in [-0.2, 0) is 6.54 Å². The molecule has 0 aliphatic carbocycles. The first-order chi connectivity index (χ1) is 9.67. The Balaban J connectivity index is 2.57. The highest BCUT2D eigenvalue weighted by Crippen LogP contribution is 2.19. The Kier molecular flexibility index (Phi) is 4.28. The molecule has 0 aliphatic heterocycles. The van der Waals surface area contributed by atoms with Crippen LogP contribution < -0.4 is 5.56 Å². The Labute approximate surface area is 115 Å². The third kappa shape index (κ3) is 2.76. The molecule has 1 aromatic carbocycles. The van der Waals surface area contributed by atoms with E-state index in [0.717, 1.165) is 0 Å². The molecule has 1 N–H and O–H groups in total. The molecule has 0 aliphatic rings. The number of nitrogens with zero attached hydrogens (tertiary/aromatic N) is 2. The molecular weight excluding hydrogens is 259 g/mol. The SMILES string of the molecule is N#Cc1ccc(-c2ccc(F)cc2)n(CCCO)c1=O. The van der Waals surface area contributed by atoms with Gasteiger partial charge in [0.05, 0.1) is 5.69 Å². The van der Waals surface area contributed by atoms with Crippen molar-refractivity contribution in [1.82, 2.24) is 4.57 Å². The fourth-order valence-corrected chi connectivity index (χ4v) is 1.99. The Morgan fingerprint density at radius 3 is 2.50 bits per heavy atom. The average molecular weight is 272 g/mol. The van der Waals surface area contributed by atoms with Gasteiger partial charge in [-0.15, -0.1) is 0 Å². The lowest BCUT2D eigenvalue weighted by Gasteiger charge is -2.13. The summed E-state index contributed by atoms with van der Waals surface area (Å²) in [4.78, 5) is 12.2. The third-order valence-corrected chi connectivity index (χ3v) is 2.97. The van der Waals surface area contributed by atoms with E-state index in [4.69, 9.17) is 10.4 Å². The van der Waals surface area contributed by atoms with Crippen molar-refractivity contribution < 1.29 is 9.50 Å².